The summed E-state index contributed by atoms with van der Waals surface area (Å²) < 4.78 is 0. The third-order valence-corrected chi connectivity index (χ3v) is 0. The Morgan fingerprint density at radius 2 is 0.714 bits per heavy atom. The van der Waals surface area contributed by atoms with Crippen LogP contribution in [0.15, 0.2) is 0 Å². The topological polar surface area (TPSA) is 104 Å². The first-order chi connectivity index (χ1) is 2.00. The average Bonchev–Trinajstić information content (AvgIpc) is 1.50. The van der Waals surface area contributed by atoms with E-state index in [4.69, 9.17) is 9.59 Å². The largest absolute Gasteiger partial charge is 0.344 e. The first-order valence-electron chi connectivity index (χ1n) is 0.408. The molecule has 5 heteroatoms. The van der Waals surface area contributed by atoms with Gasteiger partial charge in [-0.1, -0.05) is 0 Å². The Labute approximate surface area is 57.1 Å². The molecule has 0 saturated carbocycles. The molecule has 0 unspecified atom stereocenters. The van der Waals surface area contributed by atoms with Crippen LogP contribution in [-0.4, -0.2) is 13.6 Å². The van der Waals surface area contributed by atoms with Gasteiger partial charge in [-0.15, -0.1) is 0 Å². The maximum Gasteiger partial charge on any atom is 0.281 e. The Bertz CT molecular complexity index is 15.7. The minimum absolute atomic E-state index is 0. The van der Waals surface area contributed by atoms with Crippen molar-refractivity contribution in [2.75, 3.05) is 0 Å². The normalized spacial score (nSPS) is 1.14. The van der Waals surface area contributed by atoms with E-state index in [1.807, 2.05) is 0 Å². The third kappa shape index (κ3) is 34700. The van der Waals surface area contributed by atoms with Crippen molar-refractivity contribution < 1.29 is 30.7 Å². The van der Waals surface area contributed by atoms with Gasteiger partial charge in [0.25, 0.3) is 13.6 Å². The summed E-state index contributed by atoms with van der Waals surface area (Å²) in [5.41, 5.74) is 0. The zero-order valence-corrected chi connectivity index (χ0v) is 5.82. The van der Waals surface area contributed by atoms with E-state index in [2.05, 4.69) is 13.6 Å². The van der Waals surface area contributed by atoms with Gasteiger partial charge in [0.15, 0.2) is 0 Å². The molecule has 0 spiro atoms. The van der Waals surface area contributed by atoms with E-state index in [9.17, 15) is 0 Å². The fraction of sp³-hybridized carbons (Fsp3) is 0. The maximum absolute atomic E-state index is 7.50. The predicted octanol–water partition coefficient (Wildman–Crippen LogP) is -0.473. The standard InChI is InChI=1S/2CO.2H3N.Pt/c2*1-2;;;/h;;2*1H3;. The molecule has 0 fully saturated rings. The summed E-state index contributed by atoms with van der Waals surface area (Å²) in [5, 5.41) is 0. The Morgan fingerprint density at radius 3 is 0.714 bits per heavy atom. The van der Waals surface area contributed by atoms with Crippen molar-refractivity contribution in [2.24, 2.45) is 0 Å². The molecule has 0 rings (SSSR count). The second-order valence-corrected chi connectivity index (χ2v) is 0. The van der Waals surface area contributed by atoms with Gasteiger partial charge in [0, 0.05) is 21.1 Å². The Hall–Kier alpha value is -0.0517. The quantitative estimate of drug-likeness (QED) is 0.627. The summed E-state index contributed by atoms with van der Waals surface area (Å²) in [5.74, 6) is 0. The molecule has 0 aliphatic heterocycles. The van der Waals surface area contributed by atoms with E-state index in [0.717, 1.165) is 0 Å². The van der Waals surface area contributed by atoms with Crippen LogP contribution in [0.1, 0.15) is 0 Å². The zero-order valence-electron chi connectivity index (χ0n) is 3.55. The number of hydrogen-bond donors (Lipinski definition) is 2. The molecule has 46 valence electrons. The number of carbonyl (C=O) groups excluding carboxylic acids is 2. The fourth-order valence-corrected chi connectivity index (χ4v) is 0. The molecule has 0 aliphatic rings. The van der Waals surface area contributed by atoms with Gasteiger partial charge < -0.3 is 12.3 Å². The second kappa shape index (κ2) is 54500. The van der Waals surface area contributed by atoms with Gasteiger partial charge in [-0.3, -0.25) is 9.59 Å². The molecule has 0 saturated heterocycles. The van der Waals surface area contributed by atoms with E-state index in [1.165, 1.54) is 0 Å². The monoisotopic (exact) mass is 285 g/mol. The number of rotatable bonds is 0. The Balaban J connectivity index is -0.00000000267. The van der Waals surface area contributed by atoms with E-state index >= 15 is 0 Å². The van der Waals surface area contributed by atoms with Gasteiger partial charge in [-0.25, -0.2) is 0 Å². The van der Waals surface area contributed by atoms with Crippen LogP contribution in [0.4, 0.5) is 0 Å². The summed E-state index contributed by atoms with van der Waals surface area (Å²) in [6.45, 7) is 9.00. The van der Waals surface area contributed by atoms with E-state index < -0.39 is 0 Å². The van der Waals surface area contributed by atoms with Gasteiger partial charge >= 0.3 is 0 Å². The molecule has 0 aromatic rings. The molecule has 0 amide bonds. The van der Waals surface area contributed by atoms with E-state index in [1.54, 1.807) is 0 Å². The Morgan fingerprint density at radius 1 is 0.714 bits per heavy atom. The first kappa shape index (κ1) is 64.8. The smallest absolute Gasteiger partial charge is 0.281 e. The van der Waals surface area contributed by atoms with Crippen LogP contribution in [0, 0.1) is 0 Å². The zero-order chi connectivity index (χ0) is 4.00. The van der Waals surface area contributed by atoms with Gasteiger partial charge in [-0.05, 0) is 0 Å². The molecule has 0 aromatic heterocycles. The molecule has 0 atom stereocenters. The van der Waals surface area contributed by atoms with Gasteiger partial charge in [-0.2, -0.15) is 0 Å². The molecular weight excluding hydrogens is 279 g/mol. The SMILES string of the molecule is N.N.[C]=O.[C]=O.[Pt]. The molecule has 6 N–H and O–H groups in total. The molecule has 0 aliphatic carbocycles. The van der Waals surface area contributed by atoms with Gasteiger partial charge in [0.1, 0.15) is 0 Å². The van der Waals surface area contributed by atoms with Crippen LogP contribution in [0.5, 0.6) is 0 Å². The van der Waals surface area contributed by atoms with Crippen molar-refractivity contribution in [1.82, 2.24) is 12.3 Å². The summed E-state index contributed by atoms with van der Waals surface area (Å²) in [4.78, 5) is 15.0. The van der Waals surface area contributed by atoms with Crippen LogP contribution >= 0.6 is 0 Å². The minimum atomic E-state index is 0. The molecule has 4 nitrogen and oxygen atoms in total. The van der Waals surface area contributed by atoms with E-state index in [-0.39, 0.29) is 33.4 Å². The average molecular weight is 285 g/mol. The minimum Gasteiger partial charge on any atom is -0.344 e. The van der Waals surface area contributed by atoms with Gasteiger partial charge in [0.05, 0.1) is 0 Å². The van der Waals surface area contributed by atoms with Gasteiger partial charge in [0.2, 0.25) is 0 Å². The van der Waals surface area contributed by atoms with E-state index in [0.29, 0.717) is 0 Å². The van der Waals surface area contributed by atoms with Crippen LogP contribution in [0.2, 0.25) is 0 Å². The van der Waals surface area contributed by atoms with Crippen molar-refractivity contribution in [1.29, 1.82) is 0 Å². The molecule has 7 heavy (non-hydrogen) atoms. The molecule has 0 heterocycles. The van der Waals surface area contributed by atoms with Crippen molar-refractivity contribution in [2.45, 2.75) is 0 Å². The maximum atomic E-state index is 7.50. The van der Waals surface area contributed by atoms with Crippen molar-refractivity contribution >= 4 is 13.6 Å². The van der Waals surface area contributed by atoms with Crippen LogP contribution in [0.3, 0.4) is 0 Å². The first-order valence-corrected chi connectivity index (χ1v) is 0.408. The summed E-state index contributed by atoms with van der Waals surface area (Å²) in [6, 6.07) is 0. The van der Waals surface area contributed by atoms with Crippen LogP contribution < -0.4 is 12.3 Å². The molecule has 4 radical (unpaired) electrons. The summed E-state index contributed by atoms with van der Waals surface area (Å²) in [6.07, 6.45) is 0. The summed E-state index contributed by atoms with van der Waals surface area (Å²) >= 11 is 0. The van der Waals surface area contributed by atoms with Crippen molar-refractivity contribution in [3.63, 3.8) is 0 Å². The predicted molar refractivity (Wildman–Crippen MR) is 21.4 cm³/mol. The summed E-state index contributed by atoms with van der Waals surface area (Å²) in [7, 11) is 0. The third-order valence-electron chi connectivity index (χ3n) is 0. The van der Waals surface area contributed by atoms with Crippen molar-refractivity contribution in [3.8, 4) is 0 Å². The molecular formula is C2H6N2O2Pt. The second-order valence-electron chi connectivity index (χ2n) is 0. The van der Waals surface area contributed by atoms with Crippen LogP contribution in [0.25, 0.3) is 0 Å². The fourth-order valence-electron chi connectivity index (χ4n) is 0. The van der Waals surface area contributed by atoms with Crippen molar-refractivity contribution in [3.05, 3.63) is 0 Å². The molecule has 0 bridgehead atoms. The van der Waals surface area contributed by atoms with Crippen LogP contribution in [-0.2, 0) is 30.7 Å². The Kier molecular flexibility index (Phi) is 504000. The molecule has 0 aromatic carbocycles. The number of hydrogen-bond acceptors (Lipinski definition) is 4.